The van der Waals surface area contributed by atoms with Crippen molar-refractivity contribution in [3.05, 3.63) is 34.9 Å². The predicted molar refractivity (Wildman–Crippen MR) is 94.0 cm³/mol. The van der Waals surface area contributed by atoms with Gasteiger partial charge in [-0.3, -0.25) is 4.90 Å². The second kappa shape index (κ2) is 9.22. The summed E-state index contributed by atoms with van der Waals surface area (Å²) < 4.78 is 0. The van der Waals surface area contributed by atoms with E-state index in [1.54, 1.807) is 0 Å². The fourth-order valence-electron chi connectivity index (χ4n) is 2.83. The van der Waals surface area contributed by atoms with Gasteiger partial charge in [-0.1, -0.05) is 44.0 Å². The molecule has 0 fully saturated rings. The van der Waals surface area contributed by atoms with Crippen LogP contribution < -0.4 is 5.32 Å². The summed E-state index contributed by atoms with van der Waals surface area (Å²) in [6.07, 6.45) is 3.77. The average Bonchev–Trinajstić information content (AvgIpc) is 2.49. The lowest BCUT2D eigenvalue weighted by Gasteiger charge is -2.33. The van der Waals surface area contributed by atoms with Crippen LogP contribution >= 0.6 is 0 Å². The number of likely N-dealkylation sites (N-methyl/N-ethyl adjacent to an activating group) is 1. The normalized spacial score (nSPS) is 14.4. The van der Waals surface area contributed by atoms with Crippen LogP contribution in [-0.2, 0) is 0 Å². The molecule has 1 rings (SSSR count). The van der Waals surface area contributed by atoms with Crippen molar-refractivity contribution >= 4 is 0 Å². The maximum atomic E-state index is 3.53. The van der Waals surface area contributed by atoms with Crippen LogP contribution in [0.2, 0.25) is 0 Å². The fraction of sp³-hybridized carbons (Fsp3) is 0.684. The van der Waals surface area contributed by atoms with Crippen LogP contribution in [0.1, 0.15) is 62.8 Å². The molecule has 0 radical (unpaired) electrons. The van der Waals surface area contributed by atoms with Crippen LogP contribution in [0.25, 0.3) is 0 Å². The number of hydrogen-bond acceptors (Lipinski definition) is 2. The molecule has 0 aromatic heterocycles. The molecular weight excluding hydrogens is 256 g/mol. The quantitative estimate of drug-likeness (QED) is 0.722. The van der Waals surface area contributed by atoms with Gasteiger partial charge in [-0.2, -0.15) is 0 Å². The second-order valence-corrected chi connectivity index (χ2v) is 6.31. The Bertz CT molecular complexity index is 414. The van der Waals surface area contributed by atoms with E-state index >= 15 is 0 Å². The molecule has 2 unspecified atom stereocenters. The van der Waals surface area contributed by atoms with Gasteiger partial charge >= 0.3 is 0 Å². The monoisotopic (exact) mass is 290 g/mol. The van der Waals surface area contributed by atoms with Gasteiger partial charge in [0.1, 0.15) is 0 Å². The molecule has 2 nitrogen and oxygen atoms in total. The van der Waals surface area contributed by atoms with E-state index in [1.165, 1.54) is 42.5 Å². The zero-order chi connectivity index (χ0) is 15.8. The summed E-state index contributed by atoms with van der Waals surface area (Å²) >= 11 is 0. The predicted octanol–water partition coefficient (Wildman–Crippen LogP) is 4.46. The lowest BCUT2D eigenvalue weighted by Crippen LogP contribution is -2.40. The minimum Gasteiger partial charge on any atom is -0.312 e. The van der Waals surface area contributed by atoms with Crippen LogP contribution in [0, 0.1) is 13.8 Å². The van der Waals surface area contributed by atoms with Gasteiger partial charge in [0.05, 0.1) is 0 Å². The first kappa shape index (κ1) is 18.2. The largest absolute Gasteiger partial charge is 0.312 e. The van der Waals surface area contributed by atoms with Crippen molar-refractivity contribution in [1.29, 1.82) is 0 Å². The van der Waals surface area contributed by atoms with E-state index in [0.29, 0.717) is 12.1 Å². The van der Waals surface area contributed by atoms with Crippen LogP contribution in [0.3, 0.4) is 0 Å². The first-order valence-electron chi connectivity index (χ1n) is 8.51. The summed E-state index contributed by atoms with van der Waals surface area (Å²) in [5.41, 5.74) is 4.18. The van der Waals surface area contributed by atoms with Gasteiger partial charge in [-0.05, 0) is 58.3 Å². The van der Waals surface area contributed by atoms with Crippen molar-refractivity contribution in [3.63, 3.8) is 0 Å². The van der Waals surface area contributed by atoms with Gasteiger partial charge in [0.15, 0.2) is 0 Å². The number of nitrogens with zero attached hydrogens (tertiary/aromatic N) is 1. The molecule has 1 aromatic carbocycles. The number of hydrogen-bond donors (Lipinski definition) is 1. The molecule has 1 N–H and O–H groups in total. The summed E-state index contributed by atoms with van der Waals surface area (Å²) in [5, 5.41) is 3.53. The summed E-state index contributed by atoms with van der Waals surface area (Å²) in [7, 11) is 2.08. The molecule has 0 aliphatic carbocycles. The first-order chi connectivity index (χ1) is 10.0. The third-order valence-electron chi connectivity index (χ3n) is 4.59. The number of rotatable bonds is 9. The topological polar surface area (TPSA) is 15.3 Å². The Morgan fingerprint density at radius 3 is 2.48 bits per heavy atom. The Morgan fingerprint density at radius 1 is 1.19 bits per heavy atom. The molecule has 0 saturated carbocycles. The van der Waals surface area contributed by atoms with E-state index in [-0.39, 0.29) is 0 Å². The highest BCUT2D eigenvalue weighted by Crippen LogP contribution is 2.21. The van der Waals surface area contributed by atoms with Crippen molar-refractivity contribution in [3.8, 4) is 0 Å². The third kappa shape index (κ3) is 5.44. The Morgan fingerprint density at radius 2 is 1.90 bits per heavy atom. The van der Waals surface area contributed by atoms with Crippen molar-refractivity contribution in [2.45, 2.75) is 66.0 Å². The Labute approximate surface area is 131 Å². The second-order valence-electron chi connectivity index (χ2n) is 6.31. The van der Waals surface area contributed by atoms with Gasteiger partial charge in [0, 0.05) is 18.6 Å². The van der Waals surface area contributed by atoms with Crippen LogP contribution in [0.5, 0.6) is 0 Å². The van der Waals surface area contributed by atoms with Crippen molar-refractivity contribution in [2.24, 2.45) is 0 Å². The Balaban J connectivity index is 2.89. The maximum Gasteiger partial charge on any atom is 0.0449 e. The molecule has 0 spiro atoms. The number of unbranched alkanes of at least 4 members (excludes halogenated alkanes) is 1. The molecule has 0 heterocycles. The minimum absolute atomic E-state index is 0.413. The van der Waals surface area contributed by atoms with Gasteiger partial charge in [-0.15, -0.1) is 0 Å². The molecule has 0 amide bonds. The molecular formula is C19H34N2. The summed E-state index contributed by atoms with van der Waals surface area (Å²) in [5.74, 6) is 0. The van der Waals surface area contributed by atoms with E-state index < -0.39 is 0 Å². The molecule has 2 heteroatoms. The standard InChI is InChI=1S/C19H34N2/c1-7-9-12-21(17(5)8-2)14-19(20-6)18-13-15(3)10-11-16(18)4/h10-11,13,17,19-20H,7-9,12,14H2,1-6H3. The minimum atomic E-state index is 0.413. The SMILES string of the molecule is CCCCN(CC(NC)c1cc(C)ccc1C)C(C)CC. The molecule has 120 valence electrons. The summed E-state index contributed by atoms with van der Waals surface area (Å²) in [6, 6.07) is 7.85. The summed E-state index contributed by atoms with van der Waals surface area (Å²) in [4.78, 5) is 2.65. The van der Waals surface area contributed by atoms with E-state index in [2.05, 4.69) is 70.1 Å². The van der Waals surface area contributed by atoms with Crippen molar-refractivity contribution in [1.82, 2.24) is 10.2 Å². The van der Waals surface area contributed by atoms with E-state index in [1.807, 2.05) is 0 Å². The number of benzene rings is 1. The molecule has 0 bridgehead atoms. The maximum absolute atomic E-state index is 3.53. The van der Waals surface area contributed by atoms with Crippen LogP contribution in [0.4, 0.5) is 0 Å². The van der Waals surface area contributed by atoms with E-state index in [9.17, 15) is 0 Å². The van der Waals surface area contributed by atoms with Crippen LogP contribution in [0.15, 0.2) is 18.2 Å². The van der Waals surface area contributed by atoms with Gasteiger partial charge in [0.25, 0.3) is 0 Å². The highest BCUT2D eigenvalue weighted by atomic mass is 15.2. The molecule has 2 atom stereocenters. The molecule has 21 heavy (non-hydrogen) atoms. The highest BCUT2D eigenvalue weighted by molar-refractivity contribution is 5.33. The smallest absolute Gasteiger partial charge is 0.0449 e. The molecule has 0 saturated heterocycles. The van der Waals surface area contributed by atoms with Crippen molar-refractivity contribution in [2.75, 3.05) is 20.1 Å². The van der Waals surface area contributed by atoms with Crippen LogP contribution in [-0.4, -0.2) is 31.1 Å². The van der Waals surface area contributed by atoms with Gasteiger partial charge in [0.2, 0.25) is 0 Å². The molecule has 1 aromatic rings. The molecule has 0 aliphatic heterocycles. The zero-order valence-corrected chi connectivity index (χ0v) is 14.9. The first-order valence-corrected chi connectivity index (χ1v) is 8.51. The lowest BCUT2D eigenvalue weighted by atomic mass is 9.98. The Hall–Kier alpha value is -0.860. The number of aryl methyl sites for hydroxylation is 2. The summed E-state index contributed by atoms with van der Waals surface area (Å²) in [6.45, 7) is 13.6. The molecule has 0 aliphatic rings. The Kier molecular flexibility index (Phi) is 7.98. The average molecular weight is 290 g/mol. The zero-order valence-electron chi connectivity index (χ0n) is 14.9. The lowest BCUT2D eigenvalue weighted by molar-refractivity contribution is 0.181. The fourth-order valence-corrected chi connectivity index (χ4v) is 2.83. The van der Waals surface area contributed by atoms with Gasteiger partial charge < -0.3 is 5.32 Å². The third-order valence-corrected chi connectivity index (χ3v) is 4.59. The van der Waals surface area contributed by atoms with Gasteiger partial charge in [-0.25, -0.2) is 0 Å². The van der Waals surface area contributed by atoms with Crippen molar-refractivity contribution < 1.29 is 0 Å². The van der Waals surface area contributed by atoms with E-state index in [0.717, 1.165) is 6.54 Å². The number of nitrogens with one attached hydrogen (secondary N) is 1. The highest BCUT2D eigenvalue weighted by Gasteiger charge is 2.19. The van der Waals surface area contributed by atoms with E-state index in [4.69, 9.17) is 0 Å².